The minimum absolute atomic E-state index is 0.141. The first-order chi connectivity index (χ1) is 12.7. The molecule has 4 rings (SSSR count). The Kier molecular flexibility index (Phi) is 4.57. The van der Waals surface area contributed by atoms with E-state index in [0.29, 0.717) is 0 Å². The van der Waals surface area contributed by atoms with Gasteiger partial charge in [0.15, 0.2) is 0 Å². The van der Waals surface area contributed by atoms with Gasteiger partial charge in [0, 0.05) is 49.4 Å². The van der Waals surface area contributed by atoms with Crippen molar-refractivity contribution in [2.24, 2.45) is 4.99 Å². The monoisotopic (exact) mass is 345 g/mol. The van der Waals surface area contributed by atoms with Crippen LogP contribution < -0.4 is 0 Å². The maximum atomic E-state index is 12.6. The largest absolute Gasteiger partial charge is 0.350 e. The number of hydrogen-bond acceptors (Lipinski definition) is 3. The molecule has 0 unspecified atom stereocenters. The molecule has 0 aromatic heterocycles. The van der Waals surface area contributed by atoms with E-state index >= 15 is 0 Å². The first-order valence-corrected chi connectivity index (χ1v) is 9.20. The van der Waals surface area contributed by atoms with Crippen LogP contribution in [0.2, 0.25) is 0 Å². The number of carbonyl (C=O) groups is 1. The summed E-state index contributed by atoms with van der Waals surface area (Å²) in [4.78, 5) is 21.0. The maximum Gasteiger partial charge on any atom is 0.255 e. The number of piperidine rings is 1. The molecule has 26 heavy (non-hydrogen) atoms. The highest BCUT2D eigenvalue weighted by atomic mass is 16.2. The second kappa shape index (κ2) is 7.16. The van der Waals surface area contributed by atoms with Crippen LogP contribution in [0.4, 0.5) is 5.69 Å². The fraction of sp³-hybridized carbons (Fsp3) is 0.273. The summed E-state index contributed by atoms with van der Waals surface area (Å²) >= 11 is 0. The summed E-state index contributed by atoms with van der Waals surface area (Å²) in [7, 11) is 1.98. The Labute approximate surface area is 154 Å². The van der Waals surface area contributed by atoms with Gasteiger partial charge in [0.1, 0.15) is 0 Å². The third-order valence-electron chi connectivity index (χ3n) is 5.06. The van der Waals surface area contributed by atoms with Crippen molar-refractivity contribution < 1.29 is 4.79 Å². The average molecular weight is 345 g/mol. The molecule has 3 aliphatic rings. The number of benzene rings is 1. The lowest BCUT2D eigenvalue weighted by Gasteiger charge is -2.29. The van der Waals surface area contributed by atoms with Gasteiger partial charge >= 0.3 is 0 Å². The van der Waals surface area contributed by atoms with Crippen LogP contribution in [-0.4, -0.2) is 42.1 Å². The van der Waals surface area contributed by atoms with Crippen molar-refractivity contribution in [2.75, 3.05) is 20.1 Å². The molecular weight excluding hydrogens is 322 g/mol. The Morgan fingerprint density at radius 3 is 2.69 bits per heavy atom. The molecule has 132 valence electrons. The molecule has 0 bridgehead atoms. The van der Waals surface area contributed by atoms with Gasteiger partial charge in [-0.15, -0.1) is 0 Å². The molecule has 3 heterocycles. The topological polar surface area (TPSA) is 35.9 Å². The van der Waals surface area contributed by atoms with Gasteiger partial charge in [0.2, 0.25) is 0 Å². The second-order valence-corrected chi connectivity index (χ2v) is 6.87. The van der Waals surface area contributed by atoms with Crippen LogP contribution in [0.3, 0.4) is 0 Å². The molecule has 0 spiro atoms. The van der Waals surface area contributed by atoms with Gasteiger partial charge in [-0.05, 0) is 43.6 Å². The summed E-state index contributed by atoms with van der Waals surface area (Å²) in [5.74, 6) is 0.141. The number of likely N-dealkylation sites (N-methyl/N-ethyl adjacent to an activating group) is 1. The van der Waals surface area contributed by atoms with E-state index in [0.717, 1.165) is 54.0 Å². The number of allylic oxidation sites excluding steroid dienone is 4. The average Bonchev–Trinajstić information content (AvgIpc) is 3.10. The zero-order chi connectivity index (χ0) is 17.9. The molecule has 1 aromatic carbocycles. The Bertz CT molecular complexity index is 867. The third-order valence-corrected chi connectivity index (χ3v) is 5.06. The van der Waals surface area contributed by atoms with E-state index in [1.54, 1.807) is 0 Å². The van der Waals surface area contributed by atoms with Crippen molar-refractivity contribution in [1.82, 2.24) is 9.80 Å². The Morgan fingerprint density at radius 2 is 1.88 bits per heavy atom. The molecule has 1 saturated heterocycles. The number of nitrogens with zero attached hydrogens (tertiary/aromatic N) is 3. The number of amides is 1. The van der Waals surface area contributed by atoms with E-state index in [9.17, 15) is 4.79 Å². The lowest BCUT2D eigenvalue weighted by molar-refractivity contribution is -0.127. The number of likely N-dealkylation sites (tertiary alicyclic amines) is 1. The second-order valence-electron chi connectivity index (χ2n) is 6.87. The van der Waals surface area contributed by atoms with Gasteiger partial charge in [-0.2, -0.15) is 0 Å². The van der Waals surface area contributed by atoms with Gasteiger partial charge in [0.25, 0.3) is 5.91 Å². The van der Waals surface area contributed by atoms with Crippen LogP contribution in [0.5, 0.6) is 0 Å². The van der Waals surface area contributed by atoms with Gasteiger partial charge in [-0.25, -0.2) is 0 Å². The molecule has 1 fully saturated rings. The van der Waals surface area contributed by atoms with Crippen molar-refractivity contribution >= 4 is 23.4 Å². The standard InChI is InChI=1S/C22H23N3O/c1-24-16-18(22(26)25-13-5-2-6-14-25)10-12-19(24)11-9-17-15-23-21-8-4-3-7-20(17)21/h3-4,7-12,15-16H,2,5-6,13-14H2,1H3/b17-9-,19-11-. The fourth-order valence-corrected chi connectivity index (χ4v) is 3.55. The highest BCUT2D eigenvalue weighted by Crippen LogP contribution is 2.31. The smallest absolute Gasteiger partial charge is 0.255 e. The van der Waals surface area contributed by atoms with E-state index in [4.69, 9.17) is 0 Å². The lowest BCUT2D eigenvalue weighted by atomic mass is 10.1. The van der Waals surface area contributed by atoms with Gasteiger partial charge < -0.3 is 9.80 Å². The molecule has 4 heteroatoms. The summed E-state index contributed by atoms with van der Waals surface area (Å²) < 4.78 is 0. The van der Waals surface area contributed by atoms with Crippen molar-refractivity contribution in [3.8, 4) is 0 Å². The molecule has 0 saturated carbocycles. The normalized spacial score (nSPS) is 22.1. The van der Waals surface area contributed by atoms with Gasteiger partial charge in [-0.1, -0.05) is 24.3 Å². The minimum atomic E-state index is 0.141. The summed E-state index contributed by atoms with van der Waals surface area (Å²) in [5.41, 5.74) is 5.08. The third kappa shape index (κ3) is 3.27. The zero-order valence-electron chi connectivity index (χ0n) is 15.1. The van der Waals surface area contributed by atoms with Crippen LogP contribution in [-0.2, 0) is 4.79 Å². The van der Waals surface area contributed by atoms with E-state index in [2.05, 4.69) is 23.2 Å². The molecule has 0 atom stereocenters. The van der Waals surface area contributed by atoms with Crippen LogP contribution >= 0.6 is 0 Å². The van der Waals surface area contributed by atoms with Crippen molar-refractivity contribution in [3.63, 3.8) is 0 Å². The van der Waals surface area contributed by atoms with E-state index < -0.39 is 0 Å². The quantitative estimate of drug-likeness (QED) is 0.810. The molecule has 4 nitrogen and oxygen atoms in total. The molecular formula is C22H23N3O. The van der Waals surface area contributed by atoms with Crippen LogP contribution in [0.1, 0.15) is 24.8 Å². The predicted molar refractivity (Wildman–Crippen MR) is 106 cm³/mol. The molecule has 1 amide bonds. The molecule has 3 aliphatic heterocycles. The highest BCUT2D eigenvalue weighted by molar-refractivity contribution is 6.16. The molecule has 0 N–H and O–H groups in total. The summed E-state index contributed by atoms with van der Waals surface area (Å²) in [6.45, 7) is 1.75. The predicted octanol–water partition coefficient (Wildman–Crippen LogP) is 4.07. The van der Waals surface area contributed by atoms with E-state index in [-0.39, 0.29) is 5.91 Å². The van der Waals surface area contributed by atoms with Crippen molar-refractivity contribution in [3.05, 3.63) is 71.6 Å². The Morgan fingerprint density at radius 1 is 1.08 bits per heavy atom. The number of para-hydroxylation sites is 1. The number of aliphatic imine (C=N–C) groups is 1. The Balaban J connectivity index is 1.49. The SMILES string of the molecule is CN1C=C(C(=O)N2CCCCC2)C=C/C1=C/C=C1/C=Nc2ccccc21. The highest BCUT2D eigenvalue weighted by Gasteiger charge is 2.21. The number of fused-ring (bicyclic) bond motifs is 1. The fourth-order valence-electron chi connectivity index (χ4n) is 3.55. The first kappa shape index (κ1) is 16.6. The lowest BCUT2D eigenvalue weighted by Crippen LogP contribution is -2.37. The van der Waals surface area contributed by atoms with Gasteiger partial charge in [0.05, 0.1) is 11.3 Å². The summed E-state index contributed by atoms with van der Waals surface area (Å²) in [5, 5.41) is 0. The number of hydrogen-bond donors (Lipinski definition) is 0. The van der Waals surface area contributed by atoms with Crippen LogP contribution in [0, 0.1) is 0 Å². The number of carbonyl (C=O) groups excluding carboxylic acids is 1. The minimum Gasteiger partial charge on any atom is -0.350 e. The van der Waals surface area contributed by atoms with Crippen LogP contribution in [0.15, 0.2) is 71.0 Å². The van der Waals surface area contributed by atoms with Crippen LogP contribution in [0.25, 0.3) is 5.57 Å². The zero-order valence-corrected chi connectivity index (χ0v) is 15.1. The molecule has 1 aromatic rings. The number of rotatable bonds is 2. The van der Waals surface area contributed by atoms with E-state index in [1.807, 2.05) is 59.6 Å². The Hall–Kier alpha value is -2.88. The molecule has 0 aliphatic carbocycles. The van der Waals surface area contributed by atoms with Crippen molar-refractivity contribution in [1.29, 1.82) is 0 Å². The van der Waals surface area contributed by atoms with Crippen molar-refractivity contribution in [2.45, 2.75) is 19.3 Å². The van der Waals surface area contributed by atoms with Gasteiger partial charge in [-0.3, -0.25) is 9.79 Å². The van der Waals surface area contributed by atoms with E-state index in [1.165, 1.54) is 6.42 Å². The summed E-state index contributed by atoms with van der Waals surface area (Å²) in [6.07, 6.45) is 15.4. The first-order valence-electron chi connectivity index (χ1n) is 9.20. The molecule has 0 radical (unpaired) electrons. The summed E-state index contributed by atoms with van der Waals surface area (Å²) in [6, 6.07) is 8.14. The maximum absolute atomic E-state index is 12.6.